The zero-order valence-corrected chi connectivity index (χ0v) is 34.1. The van der Waals surface area contributed by atoms with Gasteiger partial charge in [-0.3, -0.25) is 9.69 Å². The SMILES string of the molecule is CCc1ccc(=O)n(C)c1.COc1nc2c3c(c(C(F)(F)F)c(-c4ccc(F)c5sc(N)c(C#N)c45)c(F)c3n1)OCCN2Cc1cccnc1N.FC1CC2CCCN2C1. The van der Waals surface area contributed by atoms with E-state index in [2.05, 4.69) is 26.8 Å². The van der Waals surface area contributed by atoms with Crippen LogP contribution in [0.25, 0.3) is 32.1 Å². The van der Waals surface area contributed by atoms with Crippen LogP contribution in [0, 0.1) is 23.0 Å². The van der Waals surface area contributed by atoms with Gasteiger partial charge in [0.1, 0.15) is 58.1 Å². The van der Waals surface area contributed by atoms with Crippen LogP contribution in [0.5, 0.6) is 11.8 Å². The molecule has 61 heavy (non-hydrogen) atoms. The molecule has 2 atom stereocenters. The number of ether oxygens (including phenoxy) is 2. The fourth-order valence-corrected chi connectivity index (χ4v) is 8.90. The van der Waals surface area contributed by atoms with Crippen molar-refractivity contribution in [3.8, 4) is 29.0 Å². The Morgan fingerprint density at radius 1 is 1.10 bits per heavy atom. The third-order valence-corrected chi connectivity index (χ3v) is 11.9. The Balaban J connectivity index is 0.000000240. The molecule has 2 fully saturated rings. The molecule has 0 spiro atoms. The van der Waals surface area contributed by atoms with Crippen LogP contribution in [0.2, 0.25) is 0 Å². The Labute approximate surface area is 350 Å². The molecule has 0 amide bonds. The summed E-state index contributed by atoms with van der Waals surface area (Å²) in [5, 5.41) is 9.00. The van der Waals surface area contributed by atoms with E-state index in [1.807, 2.05) is 12.3 Å². The van der Waals surface area contributed by atoms with Crippen LogP contribution in [0.15, 0.2) is 53.6 Å². The third-order valence-electron chi connectivity index (χ3n) is 10.9. The summed E-state index contributed by atoms with van der Waals surface area (Å²) in [7, 11) is 2.99. The van der Waals surface area contributed by atoms with Crippen LogP contribution in [-0.4, -0.2) is 70.0 Å². The average Bonchev–Trinajstić information content (AvgIpc) is 3.89. The number of methoxy groups -OCH3 is 1. The first-order chi connectivity index (χ1) is 29.1. The van der Waals surface area contributed by atoms with Gasteiger partial charge in [0.25, 0.3) is 0 Å². The lowest BCUT2D eigenvalue weighted by Gasteiger charge is -2.24. The summed E-state index contributed by atoms with van der Waals surface area (Å²) in [5.74, 6) is -2.82. The fraction of sp³-hybridized carbons (Fsp3) is 0.357. The number of nitriles is 1. The lowest BCUT2D eigenvalue weighted by atomic mass is 9.91. The molecule has 7 heterocycles. The molecule has 19 heteroatoms. The minimum atomic E-state index is -5.17. The molecule has 3 aliphatic heterocycles. The van der Waals surface area contributed by atoms with E-state index in [0.29, 0.717) is 29.5 Å². The molecular weight excluding hydrogens is 825 g/mol. The number of nitrogens with zero attached hydrogens (tertiary/aromatic N) is 7. The van der Waals surface area contributed by atoms with Crippen LogP contribution in [0.3, 0.4) is 0 Å². The molecule has 12 nitrogen and oxygen atoms in total. The number of hydrogen-bond acceptors (Lipinski definition) is 12. The Hall–Kier alpha value is -6.13. The highest BCUT2D eigenvalue weighted by Gasteiger charge is 2.44. The van der Waals surface area contributed by atoms with Crippen molar-refractivity contribution in [1.82, 2.24) is 24.4 Å². The first-order valence-corrected chi connectivity index (χ1v) is 20.2. The Morgan fingerprint density at radius 2 is 1.89 bits per heavy atom. The molecule has 4 N–H and O–H groups in total. The predicted molar refractivity (Wildman–Crippen MR) is 221 cm³/mol. The molecular formula is C42H41F6N9O3S. The summed E-state index contributed by atoms with van der Waals surface area (Å²) in [6, 6.07) is 10.8. The van der Waals surface area contributed by atoms with E-state index in [4.69, 9.17) is 20.9 Å². The van der Waals surface area contributed by atoms with Crippen LogP contribution in [0.1, 0.15) is 48.4 Å². The van der Waals surface area contributed by atoms with Crippen molar-refractivity contribution >= 4 is 49.0 Å². The van der Waals surface area contributed by atoms with Crippen molar-refractivity contribution in [3.63, 3.8) is 0 Å². The van der Waals surface area contributed by atoms with Gasteiger partial charge in [0.05, 0.1) is 29.3 Å². The van der Waals surface area contributed by atoms with Gasteiger partial charge in [0.2, 0.25) is 5.56 Å². The lowest BCUT2D eigenvalue weighted by molar-refractivity contribution is -0.138. The van der Waals surface area contributed by atoms with Gasteiger partial charge in [-0.1, -0.05) is 25.1 Å². The van der Waals surface area contributed by atoms with Gasteiger partial charge in [-0.25, -0.2) is 18.2 Å². The van der Waals surface area contributed by atoms with Crippen LogP contribution < -0.4 is 31.4 Å². The van der Waals surface area contributed by atoms with Crippen molar-refractivity contribution < 1.29 is 35.8 Å². The summed E-state index contributed by atoms with van der Waals surface area (Å²) in [4.78, 5) is 27.1. The molecule has 9 rings (SSSR count). The van der Waals surface area contributed by atoms with Crippen molar-refractivity contribution in [2.24, 2.45) is 7.05 Å². The van der Waals surface area contributed by atoms with Gasteiger partial charge >= 0.3 is 12.2 Å². The summed E-state index contributed by atoms with van der Waals surface area (Å²) in [5.41, 5.74) is 10.1. The number of nitrogen functional groups attached to an aromatic ring is 2. The maximum Gasteiger partial charge on any atom is 0.420 e. The van der Waals surface area contributed by atoms with Gasteiger partial charge in [-0.05, 0) is 55.5 Å². The van der Waals surface area contributed by atoms with Crippen molar-refractivity contribution in [2.45, 2.75) is 57.5 Å². The molecule has 4 aromatic heterocycles. The number of thiophene rings is 1. The highest BCUT2D eigenvalue weighted by Crippen LogP contribution is 2.53. The quantitative estimate of drug-likeness (QED) is 0.163. The molecule has 0 bridgehead atoms. The summed E-state index contributed by atoms with van der Waals surface area (Å²) < 4.78 is 101. The number of hydrogen-bond donors (Lipinski definition) is 2. The lowest BCUT2D eigenvalue weighted by Crippen LogP contribution is -2.28. The summed E-state index contributed by atoms with van der Waals surface area (Å²) in [6.07, 6.45) is 1.97. The number of anilines is 3. The second-order valence-corrected chi connectivity index (χ2v) is 15.7. The minimum absolute atomic E-state index is 0.0347. The topological polar surface area (TPSA) is 161 Å². The van der Waals surface area contributed by atoms with Crippen molar-refractivity contribution in [1.29, 1.82) is 5.26 Å². The number of alkyl halides is 4. The van der Waals surface area contributed by atoms with E-state index in [0.717, 1.165) is 31.5 Å². The van der Waals surface area contributed by atoms with E-state index in [1.165, 1.54) is 31.7 Å². The van der Waals surface area contributed by atoms with Crippen molar-refractivity contribution in [2.75, 3.05) is 49.7 Å². The largest absolute Gasteiger partial charge is 0.490 e. The van der Waals surface area contributed by atoms with Gasteiger partial charge in [-0.2, -0.15) is 28.4 Å². The number of aromatic nitrogens is 4. The number of halogens is 6. The number of rotatable bonds is 5. The van der Waals surface area contributed by atoms with Crippen LogP contribution in [0.4, 0.5) is 43.0 Å². The molecule has 0 radical (unpaired) electrons. The molecule has 2 saturated heterocycles. The van der Waals surface area contributed by atoms with Gasteiger partial charge in [0.15, 0.2) is 5.82 Å². The Bertz CT molecular complexity index is 2710. The monoisotopic (exact) mass is 865 g/mol. The van der Waals surface area contributed by atoms with E-state index < -0.39 is 51.9 Å². The second-order valence-electron chi connectivity index (χ2n) is 14.7. The van der Waals surface area contributed by atoms with Gasteiger partial charge < -0.3 is 30.4 Å². The van der Waals surface area contributed by atoms with Crippen molar-refractivity contribution in [3.05, 3.63) is 93.0 Å². The van der Waals surface area contributed by atoms with E-state index >= 15 is 4.39 Å². The number of nitrogens with two attached hydrogens (primary N) is 2. The molecule has 3 aliphatic rings. The second kappa shape index (κ2) is 17.5. The summed E-state index contributed by atoms with van der Waals surface area (Å²) in [6.45, 7) is 3.76. The summed E-state index contributed by atoms with van der Waals surface area (Å²) >= 11 is 0.675. The molecule has 320 valence electrons. The maximum absolute atomic E-state index is 16.6. The normalized spacial score (nSPS) is 17.1. The Kier molecular flexibility index (Phi) is 12.3. The maximum atomic E-state index is 16.6. The first kappa shape index (κ1) is 43.0. The van der Waals surface area contributed by atoms with Crippen LogP contribution >= 0.6 is 11.3 Å². The standard InChI is InChI=1S/C27H18F5N7O2S.C8H11NO.C7H12FN/c1-40-26-37-20-17-21(41-8-7-39(25(17)38-26)10-11-3-2-6-36-23(11)34)18(27(30,31)32)16(19(20)29)12-4-5-14(28)22-15(12)13(9-33)24(35)42-22;1-3-7-4-5-8(10)9(2)6-7;8-6-4-7-2-1-3-9(7)5-6/h2-6H,7-8,10,35H2,1H3,(H2,34,36);4-6H,3H2,1-2H3;6-7H,1-5H2. The Morgan fingerprint density at radius 3 is 2.56 bits per heavy atom. The zero-order valence-electron chi connectivity index (χ0n) is 33.3. The molecule has 6 aromatic rings. The molecule has 0 aliphatic carbocycles. The number of benzene rings is 2. The third kappa shape index (κ3) is 8.46. The molecule has 2 unspecified atom stereocenters. The number of fused-ring (bicyclic) bond motifs is 2. The fourth-order valence-electron chi connectivity index (χ4n) is 7.96. The van der Waals surface area contributed by atoms with E-state index in [1.54, 1.807) is 40.8 Å². The predicted octanol–water partition coefficient (Wildman–Crippen LogP) is 7.79. The first-order valence-electron chi connectivity index (χ1n) is 19.3. The highest BCUT2D eigenvalue weighted by atomic mass is 32.1. The van der Waals surface area contributed by atoms with Gasteiger partial charge in [-0.15, -0.1) is 11.3 Å². The van der Waals surface area contributed by atoms with E-state index in [9.17, 15) is 32.0 Å². The smallest absolute Gasteiger partial charge is 0.420 e. The minimum Gasteiger partial charge on any atom is -0.490 e. The van der Waals surface area contributed by atoms with Gasteiger partial charge in [0, 0.05) is 61.2 Å². The zero-order chi connectivity index (χ0) is 43.7. The highest BCUT2D eigenvalue weighted by molar-refractivity contribution is 7.23. The number of pyridine rings is 2. The van der Waals surface area contributed by atoms with E-state index in [-0.39, 0.29) is 68.9 Å². The van der Waals surface area contributed by atoms with Crippen LogP contribution in [-0.2, 0) is 26.2 Å². The molecule has 2 aromatic carbocycles. The average molecular weight is 866 g/mol. The molecule has 0 saturated carbocycles. The number of aryl methyl sites for hydroxylation is 2.